The van der Waals surface area contributed by atoms with Gasteiger partial charge in [-0.2, -0.15) is 4.98 Å². The van der Waals surface area contributed by atoms with Crippen molar-refractivity contribution in [3.63, 3.8) is 0 Å². The number of para-hydroxylation sites is 1. The first-order valence-corrected chi connectivity index (χ1v) is 8.12. The predicted octanol–water partition coefficient (Wildman–Crippen LogP) is 4.49. The first-order chi connectivity index (χ1) is 11.7. The fourth-order valence-electron chi connectivity index (χ4n) is 2.24. The van der Waals surface area contributed by atoms with Crippen LogP contribution in [0.1, 0.15) is 20.3 Å². The molecule has 0 saturated heterocycles. The second-order valence-electron chi connectivity index (χ2n) is 5.64. The lowest BCUT2D eigenvalue weighted by Crippen LogP contribution is -2.16. The summed E-state index contributed by atoms with van der Waals surface area (Å²) in [4.78, 5) is 13.3. The van der Waals surface area contributed by atoms with E-state index in [-0.39, 0.29) is 0 Å². The Morgan fingerprint density at radius 2 is 1.75 bits per heavy atom. The third-order valence-corrected chi connectivity index (χ3v) is 3.74. The van der Waals surface area contributed by atoms with Gasteiger partial charge in [-0.3, -0.25) is 4.98 Å². The maximum absolute atomic E-state index is 4.64. The van der Waals surface area contributed by atoms with Crippen molar-refractivity contribution in [1.82, 2.24) is 15.0 Å². The van der Waals surface area contributed by atoms with Gasteiger partial charge in [-0.05, 0) is 37.6 Å². The van der Waals surface area contributed by atoms with Gasteiger partial charge >= 0.3 is 0 Å². The summed E-state index contributed by atoms with van der Waals surface area (Å²) < 4.78 is 0. The zero-order chi connectivity index (χ0) is 16.8. The van der Waals surface area contributed by atoms with Crippen LogP contribution in [-0.4, -0.2) is 21.0 Å². The monoisotopic (exact) mass is 319 g/mol. The van der Waals surface area contributed by atoms with Crippen LogP contribution in [-0.2, 0) is 0 Å². The number of rotatable bonds is 6. The molecule has 0 aliphatic rings. The summed E-state index contributed by atoms with van der Waals surface area (Å²) >= 11 is 0. The Morgan fingerprint density at radius 3 is 2.46 bits per heavy atom. The first-order valence-electron chi connectivity index (χ1n) is 8.12. The van der Waals surface area contributed by atoms with Gasteiger partial charge in [0.1, 0.15) is 5.82 Å². The molecule has 5 heteroatoms. The Balaban J connectivity index is 1.96. The Morgan fingerprint density at radius 1 is 1.00 bits per heavy atom. The second-order valence-corrected chi connectivity index (χ2v) is 5.64. The molecule has 0 bridgehead atoms. The van der Waals surface area contributed by atoms with E-state index in [4.69, 9.17) is 0 Å². The van der Waals surface area contributed by atoms with Crippen LogP contribution in [0.5, 0.6) is 0 Å². The van der Waals surface area contributed by atoms with E-state index >= 15 is 0 Å². The molecule has 1 aromatic carbocycles. The zero-order valence-electron chi connectivity index (χ0n) is 13.9. The number of nitrogens with zero attached hydrogens (tertiary/aromatic N) is 3. The normalized spacial score (nSPS) is 11.8. The lowest BCUT2D eigenvalue weighted by molar-refractivity contribution is 0.753. The third kappa shape index (κ3) is 4.07. The molecule has 2 N–H and O–H groups in total. The Hall–Kier alpha value is -2.95. The molecule has 0 aliphatic carbocycles. The quantitative estimate of drug-likeness (QED) is 0.701. The van der Waals surface area contributed by atoms with Crippen LogP contribution in [0.2, 0.25) is 0 Å². The molecule has 24 heavy (non-hydrogen) atoms. The van der Waals surface area contributed by atoms with Crippen molar-refractivity contribution in [1.29, 1.82) is 0 Å². The van der Waals surface area contributed by atoms with Crippen LogP contribution in [0.4, 0.5) is 17.5 Å². The van der Waals surface area contributed by atoms with Gasteiger partial charge in [-0.1, -0.05) is 25.1 Å². The largest absolute Gasteiger partial charge is 0.352 e. The molecule has 5 nitrogen and oxygen atoms in total. The SMILES string of the molecule is CC[C@H](C)Nc1nc(Nc2ccccc2)cc(-c2ccncc2)n1. The average molecular weight is 319 g/mol. The van der Waals surface area contributed by atoms with Gasteiger partial charge < -0.3 is 10.6 Å². The summed E-state index contributed by atoms with van der Waals surface area (Å²) in [6.45, 7) is 4.25. The van der Waals surface area contributed by atoms with Gasteiger partial charge in [0.25, 0.3) is 0 Å². The highest BCUT2D eigenvalue weighted by molar-refractivity contribution is 5.67. The second kappa shape index (κ2) is 7.55. The van der Waals surface area contributed by atoms with Crippen molar-refractivity contribution in [3.8, 4) is 11.3 Å². The van der Waals surface area contributed by atoms with Crippen LogP contribution >= 0.6 is 0 Å². The minimum absolute atomic E-state index is 0.308. The molecule has 3 rings (SSSR count). The van der Waals surface area contributed by atoms with Crippen molar-refractivity contribution >= 4 is 17.5 Å². The van der Waals surface area contributed by atoms with Crippen LogP contribution in [0.3, 0.4) is 0 Å². The lowest BCUT2D eigenvalue weighted by Gasteiger charge is -2.14. The summed E-state index contributed by atoms with van der Waals surface area (Å²) in [7, 11) is 0. The van der Waals surface area contributed by atoms with Crippen LogP contribution < -0.4 is 10.6 Å². The number of pyridine rings is 1. The maximum Gasteiger partial charge on any atom is 0.225 e. The van der Waals surface area contributed by atoms with Crippen molar-refractivity contribution < 1.29 is 0 Å². The molecule has 1 atom stereocenters. The number of hydrogen-bond donors (Lipinski definition) is 2. The fourth-order valence-corrected chi connectivity index (χ4v) is 2.24. The highest BCUT2D eigenvalue weighted by Gasteiger charge is 2.09. The van der Waals surface area contributed by atoms with E-state index in [9.17, 15) is 0 Å². The molecule has 2 aromatic heterocycles. The van der Waals surface area contributed by atoms with E-state index < -0.39 is 0 Å². The van der Waals surface area contributed by atoms with Crippen molar-refractivity contribution in [3.05, 3.63) is 60.9 Å². The first kappa shape index (κ1) is 15.9. The fraction of sp³-hybridized carbons (Fsp3) is 0.211. The molecule has 3 aromatic rings. The lowest BCUT2D eigenvalue weighted by atomic mass is 10.2. The molecular weight excluding hydrogens is 298 g/mol. The minimum Gasteiger partial charge on any atom is -0.352 e. The third-order valence-electron chi connectivity index (χ3n) is 3.74. The van der Waals surface area contributed by atoms with Crippen molar-refractivity contribution in [2.24, 2.45) is 0 Å². The van der Waals surface area contributed by atoms with Crippen molar-refractivity contribution in [2.45, 2.75) is 26.3 Å². The van der Waals surface area contributed by atoms with Crippen LogP contribution in [0.15, 0.2) is 60.9 Å². The maximum atomic E-state index is 4.64. The van der Waals surface area contributed by atoms with E-state index in [2.05, 4.69) is 39.4 Å². The number of nitrogens with one attached hydrogen (secondary N) is 2. The number of benzene rings is 1. The summed E-state index contributed by atoms with van der Waals surface area (Å²) in [5, 5.41) is 6.69. The molecule has 0 aliphatic heterocycles. The minimum atomic E-state index is 0.308. The van der Waals surface area contributed by atoms with Gasteiger partial charge in [0.05, 0.1) is 5.69 Å². The zero-order valence-corrected chi connectivity index (χ0v) is 13.9. The van der Waals surface area contributed by atoms with Gasteiger partial charge in [0.15, 0.2) is 0 Å². The Labute approximate surface area is 142 Å². The van der Waals surface area contributed by atoms with E-state index in [1.54, 1.807) is 12.4 Å². The van der Waals surface area contributed by atoms with Crippen molar-refractivity contribution in [2.75, 3.05) is 10.6 Å². The molecule has 122 valence electrons. The molecule has 0 amide bonds. The molecule has 0 saturated carbocycles. The molecule has 2 heterocycles. The van der Waals surface area contributed by atoms with Crippen LogP contribution in [0.25, 0.3) is 11.3 Å². The van der Waals surface area contributed by atoms with E-state index in [0.717, 1.165) is 29.2 Å². The summed E-state index contributed by atoms with van der Waals surface area (Å²) in [5.74, 6) is 1.38. The predicted molar refractivity (Wildman–Crippen MR) is 98.4 cm³/mol. The Kier molecular flexibility index (Phi) is 5.01. The van der Waals surface area contributed by atoms with E-state index in [1.807, 2.05) is 48.5 Å². The molecule has 0 fully saturated rings. The Bertz CT molecular complexity index is 774. The van der Waals surface area contributed by atoms with Gasteiger partial charge in [-0.15, -0.1) is 0 Å². The average Bonchev–Trinajstić information content (AvgIpc) is 2.63. The van der Waals surface area contributed by atoms with Gasteiger partial charge in [0, 0.05) is 35.8 Å². The highest BCUT2D eigenvalue weighted by atomic mass is 15.2. The number of aromatic nitrogens is 3. The summed E-state index contributed by atoms with van der Waals surface area (Å²) in [5.41, 5.74) is 2.86. The standard InChI is InChI=1S/C19H21N5/c1-3-14(2)21-19-23-17(15-9-11-20-12-10-15)13-18(24-19)22-16-7-5-4-6-8-16/h4-14H,3H2,1-2H3,(H2,21,22,23,24)/t14-/m0/s1. The number of hydrogen-bond acceptors (Lipinski definition) is 5. The number of anilines is 3. The van der Waals surface area contributed by atoms with E-state index in [0.29, 0.717) is 12.0 Å². The van der Waals surface area contributed by atoms with Gasteiger partial charge in [0.2, 0.25) is 5.95 Å². The van der Waals surface area contributed by atoms with E-state index in [1.165, 1.54) is 0 Å². The molecule has 0 unspecified atom stereocenters. The molecule has 0 radical (unpaired) electrons. The highest BCUT2D eigenvalue weighted by Crippen LogP contribution is 2.23. The van der Waals surface area contributed by atoms with Crippen LogP contribution in [0, 0.1) is 0 Å². The summed E-state index contributed by atoms with van der Waals surface area (Å²) in [6, 6.07) is 16.1. The summed E-state index contributed by atoms with van der Waals surface area (Å²) in [6.07, 6.45) is 4.54. The van der Waals surface area contributed by atoms with Gasteiger partial charge in [-0.25, -0.2) is 4.98 Å². The topological polar surface area (TPSA) is 62.7 Å². The smallest absolute Gasteiger partial charge is 0.225 e. The molecular formula is C19H21N5. The molecule has 0 spiro atoms.